The van der Waals surface area contributed by atoms with Crippen molar-refractivity contribution in [2.45, 2.75) is 17.9 Å². The van der Waals surface area contributed by atoms with Crippen LogP contribution >= 0.6 is 0 Å². The van der Waals surface area contributed by atoms with Crippen molar-refractivity contribution in [1.82, 2.24) is 9.97 Å². The Kier molecular flexibility index (Phi) is 2.35. The summed E-state index contributed by atoms with van der Waals surface area (Å²) in [6.45, 7) is 0.370. The minimum absolute atomic E-state index is 0.135. The molecule has 3 N–H and O–H groups in total. The van der Waals surface area contributed by atoms with Gasteiger partial charge in [-0.05, 0) is 6.54 Å². The molecule has 15 heavy (non-hydrogen) atoms. The Morgan fingerprint density at radius 1 is 1.40 bits per heavy atom. The maximum atomic E-state index is 11.5. The van der Waals surface area contributed by atoms with E-state index in [2.05, 4.69) is 9.97 Å². The van der Waals surface area contributed by atoms with Crippen molar-refractivity contribution in [1.29, 1.82) is 0 Å². The van der Waals surface area contributed by atoms with Gasteiger partial charge in [-0.2, -0.15) is 0 Å². The number of sulfone groups is 1. The Balaban J connectivity index is 2.51. The zero-order valence-corrected chi connectivity index (χ0v) is 8.80. The molecule has 0 bridgehead atoms. The van der Waals surface area contributed by atoms with Crippen molar-refractivity contribution in [3.63, 3.8) is 0 Å². The summed E-state index contributed by atoms with van der Waals surface area (Å²) in [6.07, 6.45) is 0.447. The maximum Gasteiger partial charge on any atom is 0.255 e. The van der Waals surface area contributed by atoms with Crippen LogP contribution in [0.15, 0.2) is 4.79 Å². The van der Waals surface area contributed by atoms with E-state index in [0.717, 1.165) is 0 Å². The predicted octanol–water partition coefficient (Wildman–Crippen LogP) is -1.30. The van der Waals surface area contributed by atoms with Crippen molar-refractivity contribution in [3.05, 3.63) is 27.4 Å². The molecule has 7 heteroatoms. The van der Waals surface area contributed by atoms with Crippen LogP contribution in [0, 0.1) is 0 Å². The van der Waals surface area contributed by atoms with Crippen molar-refractivity contribution in [2.24, 2.45) is 5.73 Å². The predicted molar refractivity (Wildman–Crippen MR) is 53.9 cm³/mol. The smallest absolute Gasteiger partial charge is 0.255 e. The normalized spacial score (nSPS) is 17.7. The molecule has 0 atom stereocenters. The molecule has 0 radical (unpaired) electrons. The molecule has 0 unspecified atom stereocenters. The second kappa shape index (κ2) is 3.42. The lowest BCUT2D eigenvalue weighted by Crippen LogP contribution is -2.19. The van der Waals surface area contributed by atoms with Crippen LogP contribution in [0.3, 0.4) is 0 Å². The summed E-state index contributed by atoms with van der Waals surface area (Å²) in [5.41, 5.74) is 5.62. The third-order valence-corrected chi connectivity index (χ3v) is 3.69. The van der Waals surface area contributed by atoms with Crippen LogP contribution in [0.2, 0.25) is 0 Å². The Morgan fingerprint density at radius 2 is 2.13 bits per heavy atom. The van der Waals surface area contributed by atoms with Gasteiger partial charge in [0.05, 0.1) is 22.8 Å². The number of fused-ring (bicyclic) bond motifs is 1. The van der Waals surface area contributed by atoms with E-state index in [1.54, 1.807) is 0 Å². The first-order valence-electron chi connectivity index (χ1n) is 4.53. The molecule has 1 aliphatic rings. The third kappa shape index (κ3) is 1.93. The summed E-state index contributed by atoms with van der Waals surface area (Å²) in [6, 6.07) is 0. The molecule has 0 saturated carbocycles. The van der Waals surface area contributed by atoms with Crippen LogP contribution in [0.4, 0.5) is 0 Å². The Labute approximate surface area is 86.5 Å². The number of nitrogens with zero attached hydrogens (tertiary/aromatic N) is 1. The van der Waals surface area contributed by atoms with Crippen LogP contribution in [-0.4, -0.2) is 24.9 Å². The Bertz CT molecular complexity index is 547. The first-order chi connectivity index (χ1) is 7.02. The summed E-state index contributed by atoms with van der Waals surface area (Å²) < 4.78 is 22.6. The third-order valence-electron chi connectivity index (χ3n) is 2.25. The van der Waals surface area contributed by atoms with Gasteiger partial charge in [0.15, 0.2) is 9.84 Å². The zero-order valence-electron chi connectivity index (χ0n) is 7.99. The first-order valence-corrected chi connectivity index (χ1v) is 6.35. The van der Waals surface area contributed by atoms with Gasteiger partial charge in [0.2, 0.25) is 0 Å². The lowest BCUT2D eigenvalue weighted by atomic mass is 10.2. The van der Waals surface area contributed by atoms with E-state index in [1.165, 1.54) is 0 Å². The number of nitrogens with one attached hydrogen (secondary N) is 1. The molecule has 2 heterocycles. The molecule has 0 fully saturated rings. The van der Waals surface area contributed by atoms with Crippen LogP contribution in [0.1, 0.15) is 17.1 Å². The largest absolute Gasteiger partial charge is 0.330 e. The average Bonchev–Trinajstić information content (AvgIpc) is 2.41. The highest BCUT2D eigenvalue weighted by Gasteiger charge is 2.28. The number of aromatic nitrogens is 2. The summed E-state index contributed by atoms with van der Waals surface area (Å²) in [4.78, 5) is 18.1. The second-order valence-corrected chi connectivity index (χ2v) is 5.57. The number of aromatic amines is 1. The van der Waals surface area contributed by atoms with Gasteiger partial charge in [-0.3, -0.25) is 4.79 Å². The summed E-state index contributed by atoms with van der Waals surface area (Å²) in [5, 5.41) is 0. The van der Waals surface area contributed by atoms with Gasteiger partial charge in [0, 0.05) is 6.42 Å². The topological polar surface area (TPSA) is 106 Å². The molecule has 0 saturated heterocycles. The summed E-state index contributed by atoms with van der Waals surface area (Å²) in [5.74, 6) is 0.121. The van der Waals surface area contributed by atoms with Crippen molar-refractivity contribution in [3.8, 4) is 0 Å². The van der Waals surface area contributed by atoms with E-state index in [9.17, 15) is 13.2 Å². The maximum absolute atomic E-state index is 11.5. The molecule has 82 valence electrons. The van der Waals surface area contributed by atoms with Crippen LogP contribution in [0.5, 0.6) is 0 Å². The van der Waals surface area contributed by atoms with E-state index in [-0.39, 0.29) is 22.6 Å². The second-order valence-electron chi connectivity index (χ2n) is 3.51. The first kappa shape index (κ1) is 10.3. The number of hydrogen-bond acceptors (Lipinski definition) is 5. The fourth-order valence-corrected chi connectivity index (χ4v) is 3.09. The molecule has 1 aromatic heterocycles. The van der Waals surface area contributed by atoms with Gasteiger partial charge < -0.3 is 10.7 Å². The summed E-state index contributed by atoms with van der Waals surface area (Å²) >= 11 is 0. The molecule has 0 spiro atoms. The van der Waals surface area contributed by atoms with Crippen molar-refractivity contribution < 1.29 is 8.42 Å². The van der Waals surface area contributed by atoms with E-state index in [4.69, 9.17) is 5.73 Å². The lowest BCUT2D eigenvalue weighted by Gasteiger charge is -2.00. The minimum Gasteiger partial charge on any atom is -0.330 e. The zero-order chi connectivity index (χ0) is 11.1. The molecular weight excluding hydrogens is 218 g/mol. The van der Waals surface area contributed by atoms with Gasteiger partial charge in [-0.25, -0.2) is 13.4 Å². The molecule has 0 aliphatic carbocycles. The number of rotatable bonds is 2. The monoisotopic (exact) mass is 229 g/mol. The van der Waals surface area contributed by atoms with Crippen LogP contribution in [0.25, 0.3) is 0 Å². The Morgan fingerprint density at radius 3 is 2.80 bits per heavy atom. The highest BCUT2D eigenvalue weighted by atomic mass is 32.2. The molecule has 1 aliphatic heterocycles. The van der Waals surface area contributed by atoms with Crippen LogP contribution < -0.4 is 11.3 Å². The molecule has 0 aromatic carbocycles. The van der Waals surface area contributed by atoms with E-state index in [0.29, 0.717) is 24.5 Å². The summed E-state index contributed by atoms with van der Waals surface area (Å²) in [7, 11) is -3.17. The molecular formula is C8H11N3O3S. The molecule has 6 nitrogen and oxygen atoms in total. The van der Waals surface area contributed by atoms with Gasteiger partial charge in [-0.15, -0.1) is 0 Å². The molecule has 1 aromatic rings. The van der Waals surface area contributed by atoms with E-state index in [1.807, 2.05) is 0 Å². The van der Waals surface area contributed by atoms with Gasteiger partial charge in [-0.1, -0.05) is 0 Å². The van der Waals surface area contributed by atoms with Crippen molar-refractivity contribution in [2.75, 3.05) is 6.54 Å². The number of hydrogen-bond donors (Lipinski definition) is 2. The van der Waals surface area contributed by atoms with Gasteiger partial charge >= 0.3 is 0 Å². The number of H-pyrrole nitrogens is 1. The average molecular weight is 229 g/mol. The van der Waals surface area contributed by atoms with E-state index >= 15 is 0 Å². The fraction of sp³-hybridized carbons (Fsp3) is 0.500. The number of nitrogens with two attached hydrogens (primary N) is 1. The highest BCUT2D eigenvalue weighted by molar-refractivity contribution is 7.90. The molecule has 2 rings (SSSR count). The molecule has 0 amide bonds. The van der Waals surface area contributed by atoms with Gasteiger partial charge in [0.1, 0.15) is 5.82 Å². The van der Waals surface area contributed by atoms with Crippen LogP contribution in [-0.2, 0) is 27.8 Å². The minimum atomic E-state index is -3.17. The quantitative estimate of drug-likeness (QED) is 0.655. The fourth-order valence-electron chi connectivity index (χ4n) is 1.60. The lowest BCUT2D eigenvalue weighted by molar-refractivity contribution is 0.597. The SMILES string of the molecule is NCCc1nc2c(c(=O)[nH]1)CS(=O)(=O)C2. The standard InChI is InChI=1S/C8H11N3O3S/c9-2-1-7-10-6-4-15(13,14)3-5(6)8(12)11-7/h1-4,9H2,(H,10,11,12). The Hall–Kier alpha value is -1.21. The van der Waals surface area contributed by atoms with Gasteiger partial charge in [0.25, 0.3) is 5.56 Å². The van der Waals surface area contributed by atoms with E-state index < -0.39 is 9.84 Å². The van der Waals surface area contributed by atoms with Crippen molar-refractivity contribution >= 4 is 9.84 Å². The highest BCUT2D eigenvalue weighted by Crippen LogP contribution is 2.19.